The lowest BCUT2D eigenvalue weighted by atomic mass is 10.1. The minimum atomic E-state index is -0.843. The summed E-state index contributed by atoms with van der Waals surface area (Å²) in [5, 5.41) is 22.6. The molecule has 1 aromatic carbocycles. The molecule has 0 radical (unpaired) electrons. The van der Waals surface area contributed by atoms with Gasteiger partial charge in [0.15, 0.2) is 5.82 Å². The summed E-state index contributed by atoms with van der Waals surface area (Å²) in [6.07, 6.45) is 5.39. The SMILES string of the molecule is CC(C)Oc1ccc2[nH]nc(-c3nccc(-c4cnn(CC(C)(C)O)c4)n3)c2c1. The zero-order chi connectivity index (χ0) is 20.6. The molecule has 0 fully saturated rings. The van der Waals surface area contributed by atoms with E-state index < -0.39 is 5.60 Å². The van der Waals surface area contributed by atoms with Gasteiger partial charge in [0.25, 0.3) is 0 Å². The largest absolute Gasteiger partial charge is 0.491 e. The Hall–Kier alpha value is -3.26. The number of aliphatic hydroxyl groups is 1. The third kappa shape index (κ3) is 4.27. The molecule has 0 atom stereocenters. The lowest BCUT2D eigenvalue weighted by Gasteiger charge is -2.16. The van der Waals surface area contributed by atoms with Gasteiger partial charge < -0.3 is 9.84 Å². The quantitative estimate of drug-likeness (QED) is 0.521. The van der Waals surface area contributed by atoms with Crippen LogP contribution in [0.1, 0.15) is 27.7 Å². The monoisotopic (exact) mass is 392 g/mol. The summed E-state index contributed by atoms with van der Waals surface area (Å²) in [5.74, 6) is 1.30. The lowest BCUT2D eigenvalue weighted by molar-refractivity contribution is 0.0577. The van der Waals surface area contributed by atoms with Crippen molar-refractivity contribution in [2.24, 2.45) is 0 Å². The smallest absolute Gasteiger partial charge is 0.181 e. The van der Waals surface area contributed by atoms with Crippen molar-refractivity contribution in [1.29, 1.82) is 0 Å². The van der Waals surface area contributed by atoms with Crippen LogP contribution in [0.4, 0.5) is 0 Å². The highest BCUT2D eigenvalue weighted by molar-refractivity contribution is 5.92. The Balaban J connectivity index is 1.69. The number of rotatable bonds is 6. The van der Waals surface area contributed by atoms with Gasteiger partial charge >= 0.3 is 0 Å². The third-order valence-electron chi connectivity index (χ3n) is 4.25. The number of fused-ring (bicyclic) bond motifs is 1. The van der Waals surface area contributed by atoms with Crippen LogP contribution in [0.15, 0.2) is 42.9 Å². The van der Waals surface area contributed by atoms with E-state index in [0.717, 1.165) is 27.9 Å². The van der Waals surface area contributed by atoms with Gasteiger partial charge in [0.05, 0.1) is 35.7 Å². The van der Waals surface area contributed by atoms with Crippen LogP contribution in [0, 0.1) is 0 Å². The van der Waals surface area contributed by atoms with Gasteiger partial charge in [0.2, 0.25) is 0 Å². The maximum atomic E-state index is 9.99. The van der Waals surface area contributed by atoms with E-state index in [1.165, 1.54) is 0 Å². The van der Waals surface area contributed by atoms with Gasteiger partial charge in [-0.05, 0) is 52.0 Å². The third-order valence-corrected chi connectivity index (χ3v) is 4.25. The number of benzene rings is 1. The summed E-state index contributed by atoms with van der Waals surface area (Å²) < 4.78 is 7.51. The second-order valence-corrected chi connectivity index (χ2v) is 7.95. The van der Waals surface area contributed by atoms with E-state index in [-0.39, 0.29) is 6.10 Å². The number of aromatic nitrogens is 6. The molecule has 0 aliphatic rings. The molecule has 4 aromatic rings. The van der Waals surface area contributed by atoms with Crippen molar-refractivity contribution in [3.05, 3.63) is 42.9 Å². The van der Waals surface area contributed by atoms with Gasteiger partial charge in [-0.15, -0.1) is 0 Å². The lowest BCUT2D eigenvalue weighted by Crippen LogP contribution is -2.26. The fourth-order valence-corrected chi connectivity index (χ4v) is 3.12. The van der Waals surface area contributed by atoms with Gasteiger partial charge in [0, 0.05) is 23.3 Å². The normalized spacial score (nSPS) is 12.1. The van der Waals surface area contributed by atoms with Crippen molar-refractivity contribution < 1.29 is 9.84 Å². The molecule has 0 saturated carbocycles. The maximum Gasteiger partial charge on any atom is 0.181 e. The highest BCUT2D eigenvalue weighted by atomic mass is 16.5. The van der Waals surface area contributed by atoms with E-state index in [1.54, 1.807) is 30.9 Å². The Morgan fingerprint density at radius 2 is 2.07 bits per heavy atom. The molecule has 150 valence electrons. The average Bonchev–Trinajstić information content (AvgIpc) is 3.26. The van der Waals surface area contributed by atoms with Crippen LogP contribution in [-0.2, 0) is 6.54 Å². The second-order valence-electron chi connectivity index (χ2n) is 7.95. The number of aromatic amines is 1. The fourth-order valence-electron chi connectivity index (χ4n) is 3.12. The Morgan fingerprint density at radius 1 is 1.24 bits per heavy atom. The average molecular weight is 392 g/mol. The molecule has 0 aliphatic heterocycles. The zero-order valence-electron chi connectivity index (χ0n) is 16.9. The second kappa shape index (κ2) is 7.29. The molecule has 3 aromatic heterocycles. The molecule has 0 saturated heterocycles. The Labute approximate surface area is 168 Å². The first-order valence-electron chi connectivity index (χ1n) is 9.52. The van der Waals surface area contributed by atoms with Gasteiger partial charge in [-0.3, -0.25) is 9.78 Å². The van der Waals surface area contributed by atoms with E-state index in [4.69, 9.17) is 4.74 Å². The first kappa shape index (κ1) is 19.1. The number of H-pyrrole nitrogens is 1. The van der Waals surface area contributed by atoms with Gasteiger partial charge in [-0.1, -0.05) is 0 Å². The topological polar surface area (TPSA) is 102 Å². The molecular weight excluding hydrogens is 368 g/mol. The van der Waals surface area contributed by atoms with E-state index >= 15 is 0 Å². The van der Waals surface area contributed by atoms with Gasteiger partial charge in [-0.25, -0.2) is 9.97 Å². The van der Waals surface area contributed by atoms with Crippen LogP contribution in [-0.4, -0.2) is 46.8 Å². The van der Waals surface area contributed by atoms with Crippen LogP contribution < -0.4 is 4.74 Å². The predicted octanol–water partition coefficient (Wildman–Crippen LogP) is 3.44. The highest BCUT2D eigenvalue weighted by Gasteiger charge is 2.16. The molecule has 0 aliphatic carbocycles. The number of hydrogen-bond acceptors (Lipinski definition) is 6. The molecule has 29 heavy (non-hydrogen) atoms. The van der Waals surface area contributed by atoms with E-state index in [0.29, 0.717) is 18.1 Å². The van der Waals surface area contributed by atoms with Crippen LogP contribution in [0.3, 0.4) is 0 Å². The summed E-state index contributed by atoms with van der Waals surface area (Å²) in [6, 6.07) is 7.63. The molecule has 2 N–H and O–H groups in total. The van der Waals surface area contributed by atoms with Crippen molar-refractivity contribution in [2.45, 2.75) is 45.9 Å². The highest BCUT2D eigenvalue weighted by Crippen LogP contribution is 2.29. The zero-order valence-corrected chi connectivity index (χ0v) is 16.9. The summed E-state index contributed by atoms with van der Waals surface area (Å²) in [4.78, 5) is 9.10. The molecule has 0 amide bonds. The van der Waals surface area contributed by atoms with Crippen molar-refractivity contribution in [2.75, 3.05) is 0 Å². The molecule has 0 bridgehead atoms. The molecule has 8 nitrogen and oxygen atoms in total. The number of ether oxygens (including phenoxy) is 1. The molecule has 3 heterocycles. The van der Waals surface area contributed by atoms with Crippen molar-refractivity contribution in [3.63, 3.8) is 0 Å². The molecule has 8 heteroatoms. The minimum Gasteiger partial charge on any atom is -0.491 e. The predicted molar refractivity (Wildman–Crippen MR) is 110 cm³/mol. The standard InChI is InChI=1S/C21H24N6O2/c1-13(2)29-15-5-6-18-16(9-15)19(26-25-18)20-22-8-7-17(24-20)14-10-23-27(11-14)12-21(3,4)28/h5-11,13,28H,12H2,1-4H3,(H,25,26). The van der Waals surface area contributed by atoms with Crippen LogP contribution in [0.5, 0.6) is 5.75 Å². The molecule has 0 unspecified atom stereocenters. The van der Waals surface area contributed by atoms with Crippen molar-refractivity contribution in [3.8, 4) is 28.5 Å². The number of nitrogens with one attached hydrogen (secondary N) is 1. The maximum absolute atomic E-state index is 9.99. The fraction of sp³-hybridized carbons (Fsp3) is 0.333. The van der Waals surface area contributed by atoms with Crippen LogP contribution >= 0.6 is 0 Å². The molecule has 4 rings (SSSR count). The summed E-state index contributed by atoms with van der Waals surface area (Å²) in [7, 11) is 0. The first-order chi connectivity index (χ1) is 13.8. The summed E-state index contributed by atoms with van der Waals surface area (Å²) >= 11 is 0. The van der Waals surface area contributed by atoms with Crippen molar-refractivity contribution >= 4 is 10.9 Å². The van der Waals surface area contributed by atoms with E-state index in [1.807, 2.05) is 44.3 Å². The first-order valence-corrected chi connectivity index (χ1v) is 9.52. The Kier molecular flexibility index (Phi) is 4.79. The van der Waals surface area contributed by atoms with Crippen LogP contribution in [0.2, 0.25) is 0 Å². The molecular formula is C21H24N6O2. The van der Waals surface area contributed by atoms with Crippen molar-refractivity contribution in [1.82, 2.24) is 29.9 Å². The Morgan fingerprint density at radius 3 is 2.83 bits per heavy atom. The minimum absolute atomic E-state index is 0.0859. The van der Waals surface area contributed by atoms with E-state index in [2.05, 4.69) is 25.3 Å². The Bertz CT molecular complexity index is 1140. The summed E-state index contributed by atoms with van der Waals surface area (Å²) in [6.45, 7) is 7.87. The number of hydrogen-bond donors (Lipinski definition) is 2. The van der Waals surface area contributed by atoms with Crippen LogP contribution in [0.25, 0.3) is 33.7 Å². The van der Waals surface area contributed by atoms with E-state index in [9.17, 15) is 5.11 Å². The van der Waals surface area contributed by atoms with Gasteiger partial charge in [-0.2, -0.15) is 10.2 Å². The number of nitrogens with zero attached hydrogens (tertiary/aromatic N) is 5. The molecule has 0 spiro atoms. The van der Waals surface area contributed by atoms with Gasteiger partial charge in [0.1, 0.15) is 11.4 Å². The summed E-state index contributed by atoms with van der Waals surface area (Å²) in [5.41, 5.74) is 2.30.